The van der Waals surface area contributed by atoms with Gasteiger partial charge in [0.25, 0.3) is 0 Å². The van der Waals surface area contributed by atoms with Crippen LogP contribution in [0.1, 0.15) is 36.2 Å². The molecule has 0 spiro atoms. The summed E-state index contributed by atoms with van der Waals surface area (Å²) in [6.07, 6.45) is 1.92. The first kappa shape index (κ1) is 17.3. The second-order valence-electron chi connectivity index (χ2n) is 7.56. The van der Waals surface area contributed by atoms with Crippen LogP contribution >= 0.6 is 0 Å². The van der Waals surface area contributed by atoms with Gasteiger partial charge in [0.05, 0.1) is 5.52 Å². The number of aromatic nitrogens is 1. The summed E-state index contributed by atoms with van der Waals surface area (Å²) in [5.41, 5.74) is 6.02. The zero-order valence-electron chi connectivity index (χ0n) is 15.9. The number of hydrogen-bond acceptors (Lipinski definition) is 1. The minimum absolute atomic E-state index is 0.100. The number of rotatable bonds is 4. The third-order valence-electron chi connectivity index (χ3n) is 5.88. The molecule has 3 heteroatoms. The number of likely N-dealkylation sites (N-methyl/N-ethyl adjacent to an activating group) is 1. The monoisotopic (exact) mass is 350 g/mol. The van der Waals surface area contributed by atoms with Crippen LogP contribution in [0.2, 0.25) is 0 Å². The summed E-state index contributed by atoms with van der Waals surface area (Å²) in [6, 6.07) is 14.7. The van der Waals surface area contributed by atoms with Crippen molar-refractivity contribution < 1.29 is 4.39 Å². The number of fused-ring (bicyclic) bond motifs is 3. The van der Waals surface area contributed by atoms with Crippen LogP contribution in [0, 0.1) is 12.7 Å². The van der Waals surface area contributed by atoms with Crippen LogP contribution in [0.5, 0.6) is 0 Å². The highest BCUT2D eigenvalue weighted by atomic mass is 19.1. The van der Waals surface area contributed by atoms with Gasteiger partial charge in [-0.3, -0.25) is 4.90 Å². The van der Waals surface area contributed by atoms with E-state index in [1.165, 1.54) is 22.4 Å². The predicted molar refractivity (Wildman–Crippen MR) is 106 cm³/mol. The van der Waals surface area contributed by atoms with Gasteiger partial charge in [-0.1, -0.05) is 48.9 Å². The van der Waals surface area contributed by atoms with E-state index >= 15 is 0 Å². The molecule has 26 heavy (non-hydrogen) atoms. The summed E-state index contributed by atoms with van der Waals surface area (Å²) in [6.45, 7) is 9.38. The number of para-hydroxylation sites is 1. The maximum absolute atomic E-state index is 14.8. The average molecular weight is 350 g/mol. The van der Waals surface area contributed by atoms with E-state index in [2.05, 4.69) is 60.6 Å². The summed E-state index contributed by atoms with van der Waals surface area (Å²) in [7, 11) is 0. The third-order valence-corrected chi connectivity index (χ3v) is 5.88. The molecule has 1 unspecified atom stereocenters. The Bertz CT molecular complexity index is 924. The van der Waals surface area contributed by atoms with Crippen LogP contribution in [0.3, 0.4) is 0 Å². The van der Waals surface area contributed by atoms with Crippen molar-refractivity contribution in [2.24, 2.45) is 0 Å². The summed E-state index contributed by atoms with van der Waals surface area (Å²) < 4.78 is 17.0. The van der Waals surface area contributed by atoms with Crippen LogP contribution < -0.4 is 0 Å². The third kappa shape index (κ3) is 2.95. The first-order valence-electron chi connectivity index (χ1n) is 9.66. The molecule has 0 bridgehead atoms. The lowest BCUT2D eigenvalue weighted by atomic mass is 9.99. The van der Waals surface area contributed by atoms with Crippen molar-refractivity contribution in [3.8, 4) is 0 Å². The predicted octanol–water partition coefficient (Wildman–Crippen LogP) is 5.10. The Morgan fingerprint density at radius 3 is 2.62 bits per heavy atom. The van der Waals surface area contributed by atoms with E-state index in [4.69, 9.17) is 0 Å². The highest BCUT2D eigenvalue weighted by Crippen LogP contribution is 2.34. The lowest BCUT2D eigenvalue weighted by molar-refractivity contribution is 0.192. The van der Waals surface area contributed by atoms with Crippen LogP contribution in [0.25, 0.3) is 10.9 Å². The fourth-order valence-electron chi connectivity index (χ4n) is 4.33. The molecular weight excluding hydrogens is 323 g/mol. The van der Waals surface area contributed by atoms with Gasteiger partial charge in [0, 0.05) is 36.6 Å². The molecule has 1 aliphatic heterocycles. The lowest BCUT2D eigenvalue weighted by Crippen LogP contribution is -2.38. The molecule has 0 aliphatic carbocycles. The van der Waals surface area contributed by atoms with Crippen molar-refractivity contribution in [1.29, 1.82) is 0 Å². The lowest BCUT2D eigenvalue weighted by Gasteiger charge is -2.33. The summed E-state index contributed by atoms with van der Waals surface area (Å²) >= 11 is 0. The zero-order chi connectivity index (χ0) is 18.3. The molecule has 2 heterocycles. The van der Waals surface area contributed by atoms with E-state index in [0.717, 1.165) is 43.4 Å². The Hall–Kier alpha value is -2.13. The van der Waals surface area contributed by atoms with Gasteiger partial charge in [-0.05, 0) is 44.0 Å². The van der Waals surface area contributed by atoms with Gasteiger partial charge in [0.1, 0.15) is 5.82 Å². The molecule has 0 radical (unpaired) electrons. The van der Waals surface area contributed by atoms with Crippen LogP contribution in [-0.4, -0.2) is 22.1 Å². The second-order valence-corrected chi connectivity index (χ2v) is 7.56. The molecule has 1 aromatic heterocycles. The number of aryl methyl sites for hydroxylation is 3. The summed E-state index contributed by atoms with van der Waals surface area (Å²) in [5.74, 6) is -0.100. The van der Waals surface area contributed by atoms with Gasteiger partial charge < -0.3 is 4.57 Å². The Morgan fingerprint density at radius 2 is 1.88 bits per heavy atom. The minimum atomic E-state index is -0.100. The van der Waals surface area contributed by atoms with Gasteiger partial charge in [-0.15, -0.1) is 0 Å². The number of benzene rings is 2. The van der Waals surface area contributed by atoms with Crippen molar-refractivity contribution in [2.75, 3.05) is 6.54 Å². The van der Waals surface area contributed by atoms with Crippen molar-refractivity contribution >= 4 is 10.9 Å². The van der Waals surface area contributed by atoms with Gasteiger partial charge in [0.2, 0.25) is 0 Å². The molecule has 2 aromatic carbocycles. The SMILES string of the molecule is CCN1Cc2c(n(CCc3ccc(C)cc3)c3c(F)cccc23)CC1C. The molecule has 0 N–H and O–H groups in total. The normalized spacial score (nSPS) is 17.6. The molecule has 1 atom stereocenters. The highest BCUT2D eigenvalue weighted by molar-refractivity contribution is 5.86. The maximum atomic E-state index is 14.8. The van der Waals surface area contributed by atoms with Crippen LogP contribution in [0.4, 0.5) is 4.39 Å². The smallest absolute Gasteiger partial charge is 0.147 e. The average Bonchev–Trinajstić information content (AvgIpc) is 2.94. The number of halogens is 1. The molecule has 0 saturated heterocycles. The summed E-state index contributed by atoms with van der Waals surface area (Å²) in [4.78, 5) is 2.48. The van der Waals surface area contributed by atoms with E-state index in [9.17, 15) is 4.39 Å². The van der Waals surface area contributed by atoms with Crippen molar-refractivity contribution in [3.63, 3.8) is 0 Å². The Balaban J connectivity index is 1.76. The standard InChI is InChI=1S/C23H27FN2/c1-4-25-15-20-19-6-5-7-21(24)23(19)26(22(20)14-17(25)3)13-12-18-10-8-16(2)9-11-18/h5-11,17H,4,12-15H2,1-3H3. The number of hydrogen-bond donors (Lipinski definition) is 0. The highest BCUT2D eigenvalue weighted by Gasteiger charge is 2.28. The molecule has 4 rings (SSSR count). The fourth-order valence-corrected chi connectivity index (χ4v) is 4.33. The zero-order valence-corrected chi connectivity index (χ0v) is 15.9. The van der Waals surface area contributed by atoms with Crippen molar-refractivity contribution in [3.05, 3.63) is 70.7 Å². The van der Waals surface area contributed by atoms with Crippen molar-refractivity contribution in [1.82, 2.24) is 9.47 Å². The topological polar surface area (TPSA) is 8.17 Å². The molecular formula is C23H27FN2. The first-order valence-corrected chi connectivity index (χ1v) is 9.66. The van der Waals surface area contributed by atoms with Gasteiger partial charge in [0.15, 0.2) is 0 Å². The Kier molecular flexibility index (Phi) is 4.58. The Morgan fingerprint density at radius 1 is 1.12 bits per heavy atom. The molecule has 0 saturated carbocycles. The maximum Gasteiger partial charge on any atom is 0.147 e. The second kappa shape index (κ2) is 6.88. The van der Waals surface area contributed by atoms with E-state index in [0.29, 0.717) is 6.04 Å². The fraction of sp³-hybridized carbons (Fsp3) is 0.391. The first-order chi connectivity index (χ1) is 12.6. The summed E-state index contributed by atoms with van der Waals surface area (Å²) in [5, 5.41) is 1.09. The van der Waals surface area contributed by atoms with E-state index in [1.807, 2.05) is 6.07 Å². The minimum Gasteiger partial charge on any atom is -0.342 e. The van der Waals surface area contributed by atoms with Gasteiger partial charge in [-0.2, -0.15) is 0 Å². The molecule has 0 amide bonds. The molecule has 3 aromatic rings. The largest absolute Gasteiger partial charge is 0.342 e. The quantitative estimate of drug-likeness (QED) is 0.636. The molecule has 136 valence electrons. The Labute approximate surface area is 155 Å². The molecule has 1 aliphatic rings. The molecule has 0 fully saturated rings. The van der Waals surface area contributed by atoms with Crippen LogP contribution in [-0.2, 0) is 25.9 Å². The van der Waals surface area contributed by atoms with Crippen LogP contribution in [0.15, 0.2) is 42.5 Å². The van der Waals surface area contributed by atoms with Gasteiger partial charge >= 0.3 is 0 Å². The number of nitrogens with zero attached hydrogens (tertiary/aromatic N) is 2. The molecule has 2 nitrogen and oxygen atoms in total. The van der Waals surface area contributed by atoms with Gasteiger partial charge in [-0.25, -0.2) is 4.39 Å². The van der Waals surface area contributed by atoms with E-state index in [1.54, 1.807) is 6.07 Å². The van der Waals surface area contributed by atoms with E-state index in [-0.39, 0.29) is 5.82 Å². The van der Waals surface area contributed by atoms with E-state index < -0.39 is 0 Å². The van der Waals surface area contributed by atoms with Crippen molar-refractivity contribution in [2.45, 2.75) is 52.7 Å².